The molecule has 0 amide bonds. The Morgan fingerprint density at radius 3 is 2.79 bits per heavy atom. The summed E-state index contributed by atoms with van der Waals surface area (Å²) in [5.41, 5.74) is 5.29. The zero-order chi connectivity index (χ0) is 10.8. The van der Waals surface area contributed by atoms with E-state index in [9.17, 15) is 9.59 Å². The van der Waals surface area contributed by atoms with E-state index in [1.54, 1.807) is 6.21 Å². The van der Waals surface area contributed by atoms with Crippen LogP contribution in [-0.4, -0.2) is 36.2 Å². The SMILES string of the molecule is NC(CCCCN=CCC=O)C(=O)O. The van der Waals surface area contributed by atoms with Gasteiger partial charge in [0.25, 0.3) is 0 Å². The van der Waals surface area contributed by atoms with Crippen molar-refractivity contribution in [2.24, 2.45) is 10.7 Å². The Bertz CT molecular complexity index is 204. The average molecular weight is 200 g/mol. The number of aldehydes is 1. The van der Waals surface area contributed by atoms with Crippen molar-refractivity contribution in [3.63, 3.8) is 0 Å². The molecule has 0 fully saturated rings. The molecule has 0 heterocycles. The summed E-state index contributed by atoms with van der Waals surface area (Å²) in [5, 5.41) is 8.46. The number of carboxylic acids is 1. The second-order valence-electron chi connectivity index (χ2n) is 2.93. The lowest BCUT2D eigenvalue weighted by Gasteiger charge is -2.03. The summed E-state index contributed by atoms with van der Waals surface area (Å²) in [4.78, 5) is 24.2. The van der Waals surface area contributed by atoms with Crippen LogP contribution in [0.4, 0.5) is 0 Å². The highest BCUT2D eigenvalue weighted by Gasteiger charge is 2.09. The third kappa shape index (κ3) is 7.42. The first-order chi connectivity index (χ1) is 6.68. The zero-order valence-electron chi connectivity index (χ0n) is 8.06. The minimum absolute atomic E-state index is 0.342. The second kappa shape index (κ2) is 8.37. The number of rotatable bonds is 8. The Hall–Kier alpha value is -1.23. The standard InChI is InChI=1S/C9H16N2O3/c10-8(9(13)14)4-1-2-5-11-6-3-7-12/h6-8H,1-5,10H2,(H,13,14). The van der Waals surface area contributed by atoms with Gasteiger partial charge in [0.1, 0.15) is 12.3 Å². The van der Waals surface area contributed by atoms with Crippen LogP contribution < -0.4 is 5.73 Å². The lowest BCUT2D eigenvalue weighted by Crippen LogP contribution is -2.29. The molecule has 14 heavy (non-hydrogen) atoms. The Morgan fingerprint density at radius 1 is 1.50 bits per heavy atom. The largest absolute Gasteiger partial charge is 0.480 e. The fourth-order valence-electron chi connectivity index (χ4n) is 0.900. The molecule has 0 aromatic rings. The predicted octanol–water partition coefficient (Wildman–Crippen LogP) is 0.228. The molecule has 0 aliphatic carbocycles. The van der Waals surface area contributed by atoms with E-state index in [4.69, 9.17) is 10.8 Å². The zero-order valence-corrected chi connectivity index (χ0v) is 8.06. The van der Waals surface area contributed by atoms with Gasteiger partial charge in [0.2, 0.25) is 0 Å². The molecule has 0 aliphatic heterocycles. The van der Waals surface area contributed by atoms with Gasteiger partial charge >= 0.3 is 5.97 Å². The van der Waals surface area contributed by atoms with E-state index in [-0.39, 0.29) is 0 Å². The lowest BCUT2D eigenvalue weighted by molar-refractivity contribution is -0.138. The van der Waals surface area contributed by atoms with E-state index in [0.717, 1.165) is 19.1 Å². The highest BCUT2D eigenvalue weighted by atomic mass is 16.4. The lowest BCUT2D eigenvalue weighted by atomic mass is 10.1. The van der Waals surface area contributed by atoms with Gasteiger partial charge in [0.15, 0.2) is 0 Å². The van der Waals surface area contributed by atoms with Crippen LogP contribution in [-0.2, 0) is 9.59 Å². The van der Waals surface area contributed by atoms with E-state index in [1.165, 1.54) is 0 Å². The molecule has 0 aromatic heterocycles. The summed E-state index contributed by atoms with van der Waals surface area (Å²) in [6, 6.07) is -0.769. The number of unbranched alkanes of at least 4 members (excludes halogenated alkanes) is 1. The molecular weight excluding hydrogens is 184 g/mol. The van der Waals surface area contributed by atoms with Gasteiger partial charge in [-0.1, -0.05) is 0 Å². The van der Waals surface area contributed by atoms with Gasteiger partial charge in [0, 0.05) is 19.2 Å². The van der Waals surface area contributed by atoms with E-state index in [0.29, 0.717) is 19.4 Å². The van der Waals surface area contributed by atoms with Crippen LogP contribution in [0, 0.1) is 0 Å². The molecule has 0 radical (unpaired) electrons. The first-order valence-corrected chi connectivity index (χ1v) is 4.58. The van der Waals surface area contributed by atoms with Crippen molar-refractivity contribution in [1.82, 2.24) is 0 Å². The molecule has 1 atom stereocenters. The Morgan fingerprint density at radius 2 is 2.21 bits per heavy atom. The number of carboxylic acid groups (broad SMARTS) is 1. The van der Waals surface area contributed by atoms with Crippen molar-refractivity contribution in [2.75, 3.05) is 6.54 Å². The number of carbonyl (C=O) groups excluding carboxylic acids is 1. The van der Waals surface area contributed by atoms with Crippen molar-refractivity contribution in [3.8, 4) is 0 Å². The average Bonchev–Trinajstić information content (AvgIpc) is 2.16. The predicted molar refractivity (Wildman–Crippen MR) is 53.5 cm³/mol. The first kappa shape index (κ1) is 12.8. The molecular formula is C9H16N2O3. The smallest absolute Gasteiger partial charge is 0.320 e. The van der Waals surface area contributed by atoms with Crippen LogP contribution in [0.5, 0.6) is 0 Å². The van der Waals surface area contributed by atoms with Gasteiger partial charge < -0.3 is 15.6 Å². The van der Waals surface area contributed by atoms with Crippen LogP contribution in [0.15, 0.2) is 4.99 Å². The van der Waals surface area contributed by atoms with E-state index >= 15 is 0 Å². The first-order valence-electron chi connectivity index (χ1n) is 4.58. The number of hydrogen-bond donors (Lipinski definition) is 2. The number of carbonyl (C=O) groups is 2. The van der Waals surface area contributed by atoms with Crippen LogP contribution in [0.1, 0.15) is 25.7 Å². The van der Waals surface area contributed by atoms with Crippen molar-refractivity contribution in [1.29, 1.82) is 0 Å². The molecule has 3 N–H and O–H groups in total. The minimum Gasteiger partial charge on any atom is -0.480 e. The van der Waals surface area contributed by atoms with Crippen molar-refractivity contribution in [2.45, 2.75) is 31.7 Å². The van der Waals surface area contributed by atoms with Crippen LogP contribution in [0.2, 0.25) is 0 Å². The maximum absolute atomic E-state index is 10.3. The monoisotopic (exact) mass is 200 g/mol. The molecule has 0 saturated carbocycles. The van der Waals surface area contributed by atoms with Crippen LogP contribution in [0.3, 0.4) is 0 Å². The molecule has 0 aliphatic rings. The molecule has 0 rings (SSSR count). The number of nitrogens with two attached hydrogens (primary N) is 1. The highest BCUT2D eigenvalue weighted by molar-refractivity contribution is 5.76. The molecule has 0 saturated heterocycles. The van der Waals surface area contributed by atoms with Gasteiger partial charge in [-0.15, -0.1) is 0 Å². The van der Waals surface area contributed by atoms with Crippen LogP contribution in [0.25, 0.3) is 0 Å². The molecule has 5 heteroatoms. The number of hydrogen-bond acceptors (Lipinski definition) is 4. The summed E-state index contributed by atoms with van der Waals surface area (Å²) in [7, 11) is 0. The topological polar surface area (TPSA) is 92.8 Å². The summed E-state index contributed by atoms with van der Waals surface area (Å²) >= 11 is 0. The highest BCUT2D eigenvalue weighted by Crippen LogP contribution is 1.99. The summed E-state index contributed by atoms with van der Waals surface area (Å²) in [6.45, 7) is 0.625. The normalized spacial score (nSPS) is 12.9. The van der Waals surface area contributed by atoms with Crippen LogP contribution >= 0.6 is 0 Å². The molecule has 0 bridgehead atoms. The molecule has 0 spiro atoms. The minimum atomic E-state index is -0.963. The quantitative estimate of drug-likeness (QED) is 0.333. The van der Waals surface area contributed by atoms with E-state index in [1.807, 2.05) is 0 Å². The number of nitrogens with zero attached hydrogens (tertiary/aromatic N) is 1. The van der Waals surface area contributed by atoms with E-state index < -0.39 is 12.0 Å². The Kier molecular flexibility index (Phi) is 7.64. The van der Waals surface area contributed by atoms with Gasteiger partial charge in [-0.2, -0.15) is 0 Å². The number of aliphatic carboxylic acids is 1. The Balaban J connectivity index is 3.29. The summed E-state index contributed by atoms with van der Waals surface area (Å²) in [6.07, 6.45) is 4.70. The molecule has 5 nitrogen and oxygen atoms in total. The van der Waals surface area contributed by atoms with Crippen molar-refractivity contribution >= 4 is 18.5 Å². The third-order valence-corrected chi connectivity index (χ3v) is 1.70. The maximum Gasteiger partial charge on any atom is 0.320 e. The fraction of sp³-hybridized carbons (Fsp3) is 0.667. The molecule has 0 aromatic carbocycles. The molecule has 1 unspecified atom stereocenters. The van der Waals surface area contributed by atoms with Gasteiger partial charge in [-0.25, -0.2) is 0 Å². The summed E-state index contributed by atoms with van der Waals surface area (Å²) < 4.78 is 0. The Labute approximate surface area is 83.0 Å². The third-order valence-electron chi connectivity index (χ3n) is 1.70. The van der Waals surface area contributed by atoms with Gasteiger partial charge in [-0.3, -0.25) is 9.79 Å². The van der Waals surface area contributed by atoms with E-state index in [2.05, 4.69) is 4.99 Å². The van der Waals surface area contributed by atoms with Crippen molar-refractivity contribution < 1.29 is 14.7 Å². The summed E-state index contributed by atoms with van der Waals surface area (Å²) in [5.74, 6) is -0.963. The van der Waals surface area contributed by atoms with Crippen molar-refractivity contribution in [3.05, 3.63) is 0 Å². The number of aliphatic imine (C=N–C) groups is 1. The second-order valence-corrected chi connectivity index (χ2v) is 2.93. The molecule has 80 valence electrons. The maximum atomic E-state index is 10.3. The fourth-order valence-corrected chi connectivity index (χ4v) is 0.900. The van der Waals surface area contributed by atoms with Gasteiger partial charge in [0.05, 0.1) is 0 Å². The van der Waals surface area contributed by atoms with Gasteiger partial charge in [-0.05, 0) is 19.3 Å².